The highest BCUT2D eigenvalue weighted by Gasteiger charge is 2.17. The molecular weight excluding hydrogens is 288 g/mol. The molecule has 0 radical (unpaired) electrons. The lowest BCUT2D eigenvalue weighted by atomic mass is 10.1. The number of halogens is 2. The first kappa shape index (κ1) is 12.0. The zero-order valence-corrected chi connectivity index (χ0v) is 10.7. The second-order valence-corrected chi connectivity index (χ2v) is 7.08. The Hall–Kier alpha value is -0.0600. The minimum Gasteiger partial charge on any atom is -0.212 e. The third kappa shape index (κ3) is 3.59. The number of hydrogen-bond donors (Lipinski definition) is 0. The molecule has 0 aliphatic heterocycles. The van der Waals surface area contributed by atoms with Crippen molar-refractivity contribution in [3.05, 3.63) is 34.3 Å². The van der Waals surface area contributed by atoms with Crippen LogP contribution in [0.1, 0.15) is 12.5 Å². The van der Waals surface area contributed by atoms with Crippen molar-refractivity contribution in [2.75, 3.05) is 0 Å². The summed E-state index contributed by atoms with van der Waals surface area (Å²) in [6.45, 7) is 1.60. The molecule has 0 amide bonds. The van der Waals surface area contributed by atoms with Crippen molar-refractivity contribution in [1.82, 2.24) is 0 Å². The van der Waals surface area contributed by atoms with E-state index in [9.17, 15) is 8.42 Å². The molecule has 0 bridgehead atoms. The fourth-order valence-electron chi connectivity index (χ4n) is 1.10. The maximum Gasteiger partial charge on any atom is 0.235 e. The summed E-state index contributed by atoms with van der Waals surface area (Å²) in [4.78, 5) is 0. The predicted molar refractivity (Wildman–Crippen MR) is 62.1 cm³/mol. The van der Waals surface area contributed by atoms with Crippen LogP contribution in [0.3, 0.4) is 0 Å². The smallest absolute Gasteiger partial charge is 0.212 e. The largest absolute Gasteiger partial charge is 0.235 e. The van der Waals surface area contributed by atoms with Crippen LogP contribution < -0.4 is 0 Å². The third-order valence-corrected chi connectivity index (χ3v) is 4.43. The molecule has 0 heterocycles. The van der Waals surface area contributed by atoms with Crippen molar-refractivity contribution in [3.8, 4) is 0 Å². The molecule has 0 aliphatic carbocycles. The Labute approximate surface area is 96.8 Å². The fourth-order valence-corrected chi connectivity index (χ4v) is 2.12. The van der Waals surface area contributed by atoms with Crippen molar-refractivity contribution >= 4 is 35.7 Å². The van der Waals surface area contributed by atoms with Crippen LogP contribution in [0.2, 0.25) is 0 Å². The van der Waals surface area contributed by atoms with Gasteiger partial charge in [0.05, 0.1) is 5.25 Å². The second-order valence-electron chi connectivity index (χ2n) is 3.12. The lowest BCUT2D eigenvalue weighted by molar-refractivity contribution is 0.597. The van der Waals surface area contributed by atoms with Gasteiger partial charge in [-0.3, -0.25) is 0 Å². The van der Waals surface area contributed by atoms with E-state index in [0.717, 1.165) is 10.0 Å². The van der Waals surface area contributed by atoms with Crippen molar-refractivity contribution < 1.29 is 8.42 Å². The van der Waals surface area contributed by atoms with E-state index in [1.54, 1.807) is 6.92 Å². The Kier molecular flexibility index (Phi) is 3.98. The van der Waals surface area contributed by atoms with Gasteiger partial charge >= 0.3 is 0 Å². The van der Waals surface area contributed by atoms with Crippen molar-refractivity contribution in [1.29, 1.82) is 0 Å². The average molecular weight is 298 g/mol. The van der Waals surface area contributed by atoms with E-state index in [1.165, 1.54) is 0 Å². The summed E-state index contributed by atoms with van der Waals surface area (Å²) in [6, 6.07) is 7.53. The molecule has 5 heteroatoms. The summed E-state index contributed by atoms with van der Waals surface area (Å²) < 4.78 is 22.9. The van der Waals surface area contributed by atoms with E-state index in [1.807, 2.05) is 24.3 Å². The van der Waals surface area contributed by atoms with E-state index < -0.39 is 14.3 Å². The molecule has 1 aromatic rings. The molecule has 0 saturated carbocycles. The summed E-state index contributed by atoms with van der Waals surface area (Å²) in [7, 11) is 1.78. The first-order valence-electron chi connectivity index (χ1n) is 4.07. The predicted octanol–water partition coefficient (Wildman–Crippen LogP) is 2.95. The Morgan fingerprint density at radius 3 is 2.64 bits per heavy atom. The lowest BCUT2D eigenvalue weighted by Crippen LogP contribution is -2.14. The van der Waals surface area contributed by atoms with Gasteiger partial charge in [-0.2, -0.15) is 0 Å². The topological polar surface area (TPSA) is 34.1 Å². The van der Waals surface area contributed by atoms with Crippen molar-refractivity contribution in [3.63, 3.8) is 0 Å². The molecular formula is C9H10BrClO2S. The van der Waals surface area contributed by atoms with Gasteiger partial charge in [-0.05, 0) is 31.0 Å². The lowest BCUT2D eigenvalue weighted by Gasteiger charge is -2.07. The van der Waals surface area contributed by atoms with Crippen LogP contribution in [0.15, 0.2) is 28.7 Å². The van der Waals surface area contributed by atoms with Crippen LogP contribution in [0.4, 0.5) is 0 Å². The molecule has 2 nitrogen and oxygen atoms in total. The van der Waals surface area contributed by atoms with Crippen LogP contribution in [0.5, 0.6) is 0 Å². The summed E-state index contributed by atoms with van der Waals surface area (Å²) in [6.07, 6.45) is 0.436. The van der Waals surface area contributed by atoms with Crippen molar-refractivity contribution in [2.24, 2.45) is 0 Å². The van der Waals surface area contributed by atoms with Crippen LogP contribution >= 0.6 is 26.6 Å². The van der Waals surface area contributed by atoms with Crippen LogP contribution in [0.25, 0.3) is 0 Å². The van der Waals surface area contributed by atoms with E-state index in [0.29, 0.717) is 6.42 Å². The maximum atomic E-state index is 11.0. The Morgan fingerprint density at radius 1 is 1.50 bits per heavy atom. The molecule has 14 heavy (non-hydrogen) atoms. The van der Waals surface area contributed by atoms with Gasteiger partial charge in [-0.25, -0.2) is 8.42 Å². The molecule has 1 rings (SSSR count). The first-order chi connectivity index (χ1) is 6.39. The zero-order valence-electron chi connectivity index (χ0n) is 7.57. The minimum atomic E-state index is -3.46. The van der Waals surface area contributed by atoms with Crippen molar-refractivity contribution in [2.45, 2.75) is 18.6 Å². The summed E-state index contributed by atoms with van der Waals surface area (Å²) >= 11 is 3.32. The number of benzene rings is 1. The summed E-state index contributed by atoms with van der Waals surface area (Å²) in [5.41, 5.74) is 0.955. The molecule has 1 aromatic carbocycles. The van der Waals surface area contributed by atoms with E-state index in [2.05, 4.69) is 15.9 Å². The molecule has 0 fully saturated rings. The molecule has 0 aromatic heterocycles. The minimum absolute atomic E-state index is 0.436. The quantitative estimate of drug-likeness (QED) is 0.804. The van der Waals surface area contributed by atoms with Crippen LogP contribution in [0, 0.1) is 0 Å². The normalized spacial score (nSPS) is 13.9. The Morgan fingerprint density at radius 2 is 2.14 bits per heavy atom. The van der Waals surface area contributed by atoms with E-state index >= 15 is 0 Å². The van der Waals surface area contributed by atoms with E-state index in [-0.39, 0.29) is 0 Å². The van der Waals surface area contributed by atoms with Crippen LogP contribution in [-0.2, 0) is 15.5 Å². The Balaban J connectivity index is 2.80. The monoisotopic (exact) mass is 296 g/mol. The highest BCUT2D eigenvalue weighted by Crippen LogP contribution is 2.17. The SMILES string of the molecule is CC(Cc1cccc(Br)c1)S(=O)(=O)Cl. The first-order valence-corrected chi connectivity index (χ1v) is 7.24. The highest BCUT2D eigenvalue weighted by molar-refractivity contribution is 9.10. The third-order valence-electron chi connectivity index (χ3n) is 1.89. The van der Waals surface area contributed by atoms with Gasteiger partial charge in [0.15, 0.2) is 0 Å². The maximum absolute atomic E-state index is 11.0. The standard InChI is InChI=1S/C9H10BrClO2S/c1-7(14(11,12)13)5-8-3-2-4-9(10)6-8/h2-4,6-7H,5H2,1H3. The van der Waals surface area contributed by atoms with Gasteiger partial charge in [0, 0.05) is 15.2 Å². The van der Waals surface area contributed by atoms with Gasteiger partial charge in [0.25, 0.3) is 0 Å². The van der Waals surface area contributed by atoms with Gasteiger partial charge in [0.1, 0.15) is 0 Å². The fraction of sp³-hybridized carbons (Fsp3) is 0.333. The molecule has 1 unspecified atom stereocenters. The average Bonchev–Trinajstić information content (AvgIpc) is 2.02. The summed E-state index contributed by atoms with van der Waals surface area (Å²) in [5, 5.41) is -0.557. The molecule has 1 atom stereocenters. The van der Waals surface area contributed by atoms with Gasteiger partial charge in [-0.15, -0.1) is 0 Å². The number of hydrogen-bond acceptors (Lipinski definition) is 2. The molecule has 0 N–H and O–H groups in total. The molecule has 78 valence electrons. The highest BCUT2D eigenvalue weighted by atomic mass is 79.9. The number of rotatable bonds is 3. The molecule has 0 spiro atoms. The van der Waals surface area contributed by atoms with Gasteiger partial charge in [0.2, 0.25) is 9.05 Å². The van der Waals surface area contributed by atoms with E-state index in [4.69, 9.17) is 10.7 Å². The second kappa shape index (κ2) is 4.64. The van der Waals surface area contributed by atoms with Gasteiger partial charge < -0.3 is 0 Å². The van der Waals surface area contributed by atoms with Gasteiger partial charge in [-0.1, -0.05) is 28.1 Å². The Bertz CT molecular complexity index is 417. The van der Waals surface area contributed by atoms with Crippen LogP contribution in [-0.4, -0.2) is 13.7 Å². The zero-order chi connectivity index (χ0) is 10.8. The molecule has 0 saturated heterocycles. The molecule has 0 aliphatic rings. The summed E-state index contributed by atoms with van der Waals surface area (Å²) in [5.74, 6) is 0.